The quantitative estimate of drug-likeness (QED) is 0.707. The second-order valence-corrected chi connectivity index (χ2v) is 3.05. The van der Waals surface area contributed by atoms with Gasteiger partial charge in [0.2, 0.25) is 0 Å². The molecule has 0 fully saturated rings. The number of carbonyl (C=O) groups is 1. The maximum absolute atomic E-state index is 11.1. The molecule has 0 N–H and O–H groups in total. The average Bonchev–Trinajstić information content (AvgIpc) is 2.32. The van der Waals surface area contributed by atoms with Crippen LogP contribution in [0.15, 0.2) is 10.8 Å². The first-order valence-corrected chi connectivity index (χ1v) is 4.16. The lowest BCUT2D eigenvalue weighted by Gasteiger charge is -1.97. The molecule has 4 heteroatoms. The molecular weight excluding hydrogens is 208 g/mol. The van der Waals surface area contributed by atoms with Crippen LogP contribution in [0.2, 0.25) is 0 Å². The molecule has 11 heavy (non-hydrogen) atoms. The zero-order chi connectivity index (χ0) is 8.43. The average molecular weight is 217 g/mol. The number of Topliss-reactive ketones (excluding diaryl/α,β-unsaturated/α-hetero) is 1. The van der Waals surface area contributed by atoms with E-state index >= 15 is 0 Å². The van der Waals surface area contributed by atoms with Crippen LogP contribution in [0.1, 0.15) is 24.0 Å². The summed E-state index contributed by atoms with van der Waals surface area (Å²) in [6.45, 7) is 1.82. The molecule has 0 aliphatic heterocycles. The van der Waals surface area contributed by atoms with Gasteiger partial charge in [0.25, 0.3) is 0 Å². The Morgan fingerprint density at radius 3 is 2.82 bits per heavy atom. The number of imidazole rings is 1. The number of aromatic nitrogens is 2. The van der Waals surface area contributed by atoms with E-state index in [1.54, 1.807) is 17.8 Å². The van der Waals surface area contributed by atoms with Gasteiger partial charge in [0, 0.05) is 13.5 Å². The number of nitrogens with zero attached hydrogens (tertiary/aromatic N) is 2. The van der Waals surface area contributed by atoms with Gasteiger partial charge >= 0.3 is 0 Å². The van der Waals surface area contributed by atoms with Gasteiger partial charge in [0.1, 0.15) is 4.60 Å². The van der Waals surface area contributed by atoms with Gasteiger partial charge in [-0.15, -0.1) is 0 Å². The minimum absolute atomic E-state index is 0.0678. The van der Waals surface area contributed by atoms with Crippen molar-refractivity contribution in [2.24, 2.45) is 7.05 Å². The molecule has 0 bridgehead atoms. The predicted molar refractivity (Wildman–Crippen MR) is 45.5 cm³/mol. The Morgan fingerprint density at radius 1 is 1.82 bits per heavy atom. The van der Waals surface area contributed by atoms with E-state index in [2.05, 4.69) is 20.9 Å². The highest BCUT2D eigenvalue weighted by Gasteiger charge is 2.10. The molecule has 1 rings (SSSR count). The zero-order valence-corrected chi connectivity index (χ0v) is 8.05. The van der Waals surface area contributed by atoms with E-state index < -0.39 is 0 Å². The maximum atomic E-state index is 11.1. The summed E-state index contributed by atoms with van der Waals surface area (Å²) in [5, 5.41) is 0. The van der Waals surface area contributed by atoms with E-state index in [0.717, 1.165) is 4.60 Å². The lowest BCUT2D eigenvalue weighted by Crippen LogP contribution is -2.05. The Kier molecular flexibility index (Phi) is 2.44. The van der Waals surface area contributed by atoms with Crippen molar-refractivity contribution < 1.29 is 4.79 Å². The van der Waals surface area contributed by atoms with Crippen LogP contribution < -0.4 is 0 Å². The molecule has 0 unspecified atom stereocenters. The molecule has 0 atom stereocenters. The minimum Gasteiger partial charge on any atom is -0.319 e. The summed E-state index contributed by atoms with van der Waals surface area (Å²) in [6.07, 6.45) is 2.13. The summed E-state index contributed by atoms with van der Waals surface area (Å²) in [5.74, 6) is 0.581. The number of halogens is 1. The van der Waals surface area contributed by atoms with Crippen LogP contribution in [0.3, 0.4) is 0 Å². The third-order valence-corrected chi connectivity index (χ3v) is 2.24. The van der Waals surface area contributed by atoms with Crippen molar-refractivity contribution in [3.63, 3.8) is 0 Å². The molecule has 0 aliphatic carbocycles. The Labute approximate surface area is 73.6 Å². The van der Waals surface area contributed by atoms with Gasteiger partial charge in [-0.2, -0.15) is 0 Å². The Morgan fingerprint density at radius 2 is 2.45 bits per heavy atom. The largest absolute Gasteiger partial charge is 0.319 e. The number of hydrogen-bond acceptors (Lipinski definition) is 2. The molecular formula is C7H9BrN2O. The van der Waals surface area contributed by atoms with Gasteiger partial charge in [-0.25, -0.2) is 4.98 Å². The first-order valence-electron chi connectivity index (χ1n) is 3.37. The van der Waals surface area contributed by atoms with Gasteiger partial charge < -0.3 is 4.57 Å². The smallest absolute Gasteiger partial charge is 0.198 e. The molecule has 0 aliphatic rings. The van der Waals surface area contributed by atoms with Crippen molar-refractivity contribution in [3.05, 3.63) is 16.6 Å². The summed E-state index contributed by atoms with van der Waals surface area (Å²) in [6, 6.07) is 0. The van der Waals surface area contributed by atoms with Crippen molar-refractivity contribution in [3.8, 4) is 0 Å². The predicted octanol–water partition coefficient (Wildman–Crippen LogP) is 1.78. The SMILES string of the molecule is CCC(=O)c1ncc(Br)n1C. The standard InChI is InChI=1S/C7H9BrN2O/c1-3-5(11)7-9-4-6(8)10(7)2/h4H,3H2,1-2H3. The maximum Gasteiger partial charge on any atom is 0.198 e. The van der Waals surface area contributed by atoms with E-state index in [0.29, 0.717) is 12.2 Å². The fourth-order valence-electron chi connectivity index (χ4n) is 0.806. The lowest BCUT2D eigenvalue weighted by atomic mass is 10.3. The third kappa shape index (κ3) is 1.50. The van der Waals surface area contributed by atoms with Crippen molar-refractivity contribution >= 4 is 21.7 Å². The number of rotatable bonds is 2. The monoisotopic (exact) mass is 216 g/mol. The van der Waals surface area contributed by atoms with Crippen LogP contribution in [0, 0.1) is 0 Å². The van der Waals surface area contributed by atoms with Crippen LogP contribution in [0.5, 0.6) is 0 Å². The van der Waals surface area contributed by atoms with Crippen LogP contribution in [0.25, 0.3) is 0 Å². The normalized spacial score (nSPS) is 10.1. The van der Waals surface area contributed by atoms with E-state index in [1.165, 1.54) is 0 Å². The first kappa shape index (κ1) is 8.46. The van der Waals surface area contributed by atoms with E-state index in [1.807, 2.05) is 6.92 Å². The third-order valence-electron chi connectivity index (χ3n) is 1.50. The van der Waals surface area contributed by atoms with Crippen LogP contribution in [-0.4, -0.2) is 15.3 Å². The fourth-order valence-corrected chi connectivity index (χ4v) is 1.08. The molecule has 1 heterocycles. The minimum atomic E-state index is 0.0678. The second-order valence-electron chi connectivity index (χ2n) is 2.24. The van der Waals surface area contributed by atoms with Crippen LogP contribution >= 0.6 is 15.9 Å². The van der Waals surface area contributed by atoms with Crippen molar-refractivity contribution in [1.29, 1.82) is 0 Å². The fraction of sp³-hybridized carbons (Fsp3) is 0.429. The summed E-state index contributed by atoms with van der Waals surface area (Å²) in [7, 11) is 1.81. The Balaban J connectivity index is 3.04. The molecule has 0 radical (unpaired) electrons. The van der Waals surface area contributed by atoms with Crippen molar-refractivity contribution in [2.45, 2.75) is 13.3 Å². The molecule has 0 saturated carbocycles. The first-order chi connectivity index (χ1) is 5.16. The number of carbonyl (C=O) groups excluding carboxylic acids is 1. The van der Waals surface area contributed by atoms with Gasteiger partial charge in [0.05, 0.1) is 6.20 Å². The topological polar surface area (TPSA) is 34.9 Å². The van der Waals surface area contributed by atoms with E-state index in [-0.39, 0.29) is 5.78 Å². The van der Waals surface area contributed by atoms with Crippen LogP contribution in [-0.2, 0) is 7.05 Å². The number of hydrogen-bond donors (Lipinski definition) is 0. The molecule has 3 nitrogen and oxygen atoms in total. The molecule has 0 amide bonds. The molecule has 0 aromatic carbocycles. The molecule has 1 aromatic heterocycles. The summed E-state index contributed by atoms with van der Waals surface area (Å²) >= 11 is 3.26. The van der Waals surface area contributed by atoms with E-state index in [9.17, 15) is 4.79 Å². The molecule has 0 saturated heterocycles. The number of ketones is 1. The highest BCUT2D eigenvalue weighted by atomic mass is 79.9. The van der Waals surface area contributed by atoms with Gasteiger partial charge in [-0.05, 0) is 15.9 Å². The summed E-state index contributed by atoms with van der Waals surface area (Å²) < 4.78 is 2.56. The molecule has 1 aromatic rings. The summed E-state index contributed by atoms with van der Waals surface area (Å²) in [4.78, 5) is 15.1. The molecule has 0 spiro atoms. The second kappa shape index (κ2) is 3.17. The lowest BCUT2D eigenvalue weighted by molar-refractivity contribution is 0.0975. The van der Waals surface area contributed by atoms with Crippen LogP contribution in [0.4, 0.5) is 0 Å². The van der Waals surface area contributed by atoms with E-state index in [4.69, 9.17) is 0 Å². The Hall–Kier alpha value is -0.640. The zero-order valence-electron chi connectivity index (χ0n) is 6.47. The summed E-state index contributed by atoms with van der Waals surface area (Å²) in [5.41, 5.74) is 0. The molecule has 60 valence electrons. The van der Waals surface area contributed by atoms with Gasteiger partial charge in [0.15, 0.2) is 11.6 Å². The van der Waals surface area contributed by atoms with Crippen molar-refractivity contribution in [1.82, 2.24) is 9.55 Å². The highest BCUT2D eigenvalue weighted by molar-refractivity contribution is 9.10. The highest BCUT2D eigenvalue weighted by Crippen LogP contribution is 2.11. The van der Waals surface area contributed by atoms with Gasteiger partial charge in [-0.3, -0.25) is 4.79 Å². The Bertz CT molecular complexity index is 280. The van der Waals surface area contributed by atoms with Crippen molar-refractivity contribution in [2.75, 3.05) is 0 Å². The van der Waals surface area contributed by atoms with Gasteiger partial charge in [-0.1, -0.05) is 6.92 Å².